The number of benzene rings is 1. The van der Waals surface area contributed by atoms with Gasteiger partial charge in [-0.3, -0.25) is 18.8 Å². The first kappa shape index (κ1) is 27.3. The number of aryl methyl sites for hydroxylation is 1. The highest BCUT2D eigenvalue weighted by Crippen LogP contribution is 2.39. The summed E-state index contributed by atoms with van der Waals surface area (Å²) in [6.45, 7) is 3.48. The summed E-state index contributed by atoms with van der Waals surface area (Å²) in [5, 5.41) is 31.0. The van der Waals surface area contributed by atoms with E-state index in [0.29, 0.717) is 12.1 Å². The second-order valence-corrected chi connectivity index (χ2v) is 9.56. The van der Waals surface area contributed by atoms with Gasteiger partial charge < -0.3 is 19.8 Å². The molecule has 202 valence electrons. The number of anilines is 1. The largest absolute Gasteiger partial charge is 0.501 e. The molecule has 0 saturated heterocycles. The van der Waals surface area contributed by atoms with Gasteiger partial charge in [-0.1, -0.05) is 30.3 Å². The van der Waals surface area contributed by atoms with Gasteiger partial charge >= 0.3 is 0 Å². The minimum Gasteiger partial charge on any atom is -0.501 e. The summed E-state index contributed by atoms with van der Waals surface area (Å²) in [6, 6.07) is 9.48. The van der Waals surface area contributed by atoms with Gasteiger partial charge in [0, 0.05) is 31.6 Å². The summed E-state index contributed by atoms with van der Waals surface area (Å²) in [7, 11) is 5.52. The van der Waals surface area contributed by atoms with Crippen LogP contribution in [0.5, 0.6) is 5.75 Å². The Morgan fingerprint density at radius 1 is 1.28 bits per heavy atom. The van der Waals surface area contributed by atoms with Crippen molar-refractivity contribution in [3.8, 4) is 11.8 Å². The Morgan fingerprint density at radius 2 is 2.05 bits per heavy atom. The summed E-state index contributed by atoms with van der Waals surface area (Å²) in [6.07, 6.45) is 7.09. The van der Waals surface area contributed by atoms with E-state index >= 15 is 0 Å². The Hall–Kier alpha value is -4.76. The molecule has 2 atom stereocenters. The quantitative estimate of drug-likeness (QED) is 0.315. The molecule has 39 heavy (non-hydrogen) atoms. The molecule has 3 heterocycles. The number of aromatic hydroxyl groups is 1. The fourth-order valence-corrected chi connectivity index (χ4v) is 4.60. The Balaban J connectivity index is 1.78. The van der Waals surface area contributed by atoms with Gasteiger partial charge in [0.25, 0.3) is 11.5 Å². The third-order valence-corrected chi connectivity index (χ3v) is 6.54. The lowest BCUT2D eigenvalue weighted by molar-refractivity contribution is 0.101. The fourth-order valence-electron chi connectivity index (χ4n) is 4.60. The van der Waals surface area contributed by atoms with Crippen molar-refractivity contribution in [2.24, 2.45) is 7.05 Å². The number of nitrogens with one attached hydrogen (secondary N) is 1. The summed E-state index contributed by atoms with van der Waals surface area (Å²) in [4.78, 5) is 32.5. The monoisotopic (exact) mass is 530 g/mol. The van der Waals surface area contributed by atoms with E-state index in [2.05, 4.69) is 31.5 Å². The zero-order valence-electron chi connectivity index (χ0n) is 22.2. The fraction of sp³-hybridized carbons (Fsp3) is 0.333. The van der Waals surface area contributed by atoms with Crippen LogP contribution in [0.3, 0.4) is 0 Å². The molecule has 2 N–H and O–H groups in total. The van der Waals surface area contributed by atoms with Crippen LogP contribution in [0.15, 0.2) is 58.4 Å². The van der Waals surface area contributed by atoms with Gasteiger partial charge in [-0.15, -0.1) is 0 Å². The van der Waals surface area contributed by atoms with Gasteiger partial charge in [0.15, 0.2) is 5.69 Å². The summed E-state index contributed by atoms with van der Waals surface area (Å²) in [5.74, 6) is -2.24. The van der Waals surface area contributed by atoms with E-state index in [1.54, 1.807) is 18.3 Å². The zero-order chi connectivity index (χ0) is 28.1. The molecule has 0 unspecified atom stereocenters. The molecular weight excluding hydrogens is 500 g/mol. The third kappa shape index (κ3) is 5.89. The molecule has 0 bridgehead atoms. The average molecular weight is 531 g/mol. The molecule has 12 nitrogen and oxygen atoms in total. The van der Waals surface area contributed by atoms with Crippen molar-refractivity contribution in [2.45, 2.75) is 31.7 Å². The topological polar surface area (TPSA) is 155 Å². The van der Waals surface area contributed by atoms with E-state index in [-0.39, 0.29) is 11.5 Å². The standard InChI is InChI=1S/C27H30N8O4/c1-17(25-32-23(24(36)27(38)34(25)4)26(37)31-20-14-30-39-16-20)22(21-9-6-5-8-18(21)12-28)19-13-29-35(15-19)11-7-10-33(2)3/h5-6,8-9,13-17,22,36H,7,10-11H2,1-4H3,(H,31,37)/t17-,22-/m1/s1. The molecule has 4 rings (SSSR count). The lowest BCUT2D eigenvalue weighted by Gasteiger charge is -2.26. The molecular formula is C27H30N8O4. The lowest BCUT2D eigenvalue weighted by atomic mass is 9.80. The molecule has 3 aromatic heterocycles. The Labute approximate surface area is 225 Å². The molecule has 0 saturated carbocycles. The highest BCUT2D eigenvalue weighted by atomic mass is 16.5. The van der Waals surface area contributed by atoms with Gasteiger partial charge in [-0.25, -0.2) is 4.98 Å². The van der Waals surface area contributed by atoms with E-state index in [9.17, 15) is 20.0 Å². The first-order valence-electron chi connectivity index (χ1n) is 12.4. The second kappa shape index (κ2) is 11.7. The molecule has 1 amide bonds. The van der Waals surface area contributed by atoms with Crippen LogP contribution in [0.25, 0.3) is 0 Å². The molecule has 0 spiro atoms. The number of amides is 1. The lowest BCUT2D eigenvalue weighted by Crippen LogP contribution is -2.29. The number of carbonyl (C=O) groups is 1. The van der Waals surface area contributed by atoms with E-state index < -0.39 is 34.7 Å². The Kier molecular flexibility index (Phi) is 8.21. The zero-order valence-corrected chi connectivity index (χ0v) is 22.2. The molecule has 0 aliphatic heterocycles. The molecule has 12 heteroatoms. The van der Waals surface area contributed by atoms with Crippen LogP contribution in [-0.2, 0) is 13.6 Å². The maximum atomic E-state index is 13.0. The van der Waals surface area contributed by atoms with Gasteiger partial charge in [0.2, 0.25) is 5.75 Å². The summed E-state index contributed by atoms with van der Waals surface area (Å²) < 4.78 is 7.80. The van der Waals surface area contributed by atoms with Gasteiger partial charge in [0.05, 0.1) is 24.0 Å². The highest BCUT2D eigenvalue weighted by Gasteiger charge is 2.31. The number of carbonyl (C=O) groups excluding carboxylic acids is 1. The van der Waals surface area contributed by atoms with Crippen molar-refractivity contribution in [3.05, 3.63) is 87.7 Å². The minimum atomic E-state index is -0.787. The Bertz CT molecular complexity index is 1550. The minimum absolute atomic E-state index is 0.249. The third-order valence-electron chi connectivity index (χ3n) is 6.54. The number of hydrogen-bond acceptors (Lipinski definition) is 9. The molecule has 0 aliphatic rings. The van der Waals surface area contributed by atoms with E-state index in [0.717, 1.165) is 24.1 Å². The van der Waals surface area contributed by atoms with Crippen LogP contribution in [-0.4, -0.2) is 61.0 Å². The normalized spacial score (nSPS) is 12.7. The van der Waals surface area contributed by atoms with Crippen LogP contribution >= 0.6 is 0 Å². The van der Waals surface area contributed by atoms with E-state index in [4.69, 9.17) is 4.52 Å². The van der Waals surface area contributed by atoms with Crippen LogP contribution in [0.1, 0.15) is 58.2 Å². The van der Waals surface area contributed by atoms with Gasteiger partial charge in [-0.2, -0.15) is 10.4 Å². The van der Waals surface area contributed by atoms with E-state index in [1.807, 2.05) is 44.0 Å². The molecule has 4 aromatic rings. The maximum Gasteiger partial charge on any atom is 0.296 e. The van der Waals surface area contributed by atoms with Crippen LogP contribution in [0.4, 0.5) is 5.69 Å². The van der Waals surface area contributed by atoms with Crippen LogP contribution in [0.2, 0.25) is 0 Å². The first-order valence-corrected chi connectivity index (χ1v) is 12.4. The van der Waals surface area contributed by atoms with Crippen molar-refractivity contribution in [1.29, 1.82) is 5.26 Å². The van der Waals surface area contributed by atoms with Gasteiger partial charge in [0.1, 0.15) is 17.8 Å². The summed E-state index contributed by atoms with van der Waals surface area (Å²) in [5.41, 5.74) is 1.09. The van der Waals surface area contributed by atoms with Crippen molar-refractivity contribution >= 4 is 11.6 Å². The van der Waals surface area contributed by atoms with Gasteiger partial charge in [-0.05, 0) is 44.3 Å². The van der Waals surface area contributed by atoms with Crippen molar-refractivity contribution < 1.29 is 14.4 Å². The van der Waals surface area contributed by atoms with Crippen molar-refractivity contribution in [1.82, 2.24) is 29.4 Å². The molecule has 1 aromatic carbocycles. The maximum absolute atomic E-state index is 13.0. The predicted octanol–water partition coefficient (Wildman–Crippen LogP) is 2.68. The SMILES string of the molecule is C[C@@H](c1nc(C(=O)Nc2cnoc2)c(O)c(=O)n1C)[C@H](c1cnn(CCCN(C)C)c1)c1ccccc1C#N. The van der Waals surface area contributed by atoms with Crippen LogP contribution in [0, 0.1) is 11.3 Å². The number of nitriles is 1. The molecule has 0 aliphatic carbocycles. The van der Waals surface area contributed by atoms with E-state index in [1.165, 1.54) is 24.1 Å². The van der Waals surface area contributed by atoms with Crippen molar-refractivity contribution in [3.63, 3.8) is 0 Å². The van der Waals surface area contributed by atoms with Crippen molar-refractivity contribution in [2.75, 3.05) is 26.0 Å². The number of aromatic nitrogens is 5. The second-order valence-electron chi connectivity index (χ2n) is 9.56. The number of hydrogen-bond donors (Lipinski definition) is 2. The summed E-state index contributed by atoms with van der Waals surface area (Å²) >= 11 is 0. The smallest absolute Gasteiger partial charge is 0.296 e. The Morgan fingerprint density at radius 3 is 2.74 bits per heavy atom. The predicted molar refractivity (Wildman–Crippen MR) is 142 cm³/mol. The number of nitrogens with zero attached hydrogens (tertiary/aromatic N) is 7. The number of rotatable bonds is 10. The average Bonchev–Trinajstić information content (AvgIpc) is 3.60. The highest BCUT2D eigenvalue weighted by molar-refractivity contribution is 6.04. The van der Waals surface area contributed by atoms with Crippen LogP contribution < -0.4 is 10.9 Å². The first-order chi connectivity index (χ1) is 18.7. The molecule has 0 fully saturated rings. The molecule has 0 radical (unpaired) electrons.